The summed E-state index contributed by atoms with van der Waals surface area (Å²) < 4.78 is 5.18. The third kappa shape index (κ3) is 6.38. The average Bonchev–Trinajstić information content (AvgIpc) is 3.15. The summed E-state index contributed by atoms with van der Waals surface area (Å²) in [6.45, 7) is 4.37. The van der Waals surface area contributed by atoms with Gasteiger partial charge >= 0.3 is 5.97 Å². The normalized spacial score (nSPS) is 10.5. The number of thiazole rings is 1. The van der Waals surface area contributed by atoms with E-state index in [9.17, 15) is 9.59 Å². The molecule has 0 radical (unpaired) electrons. The van der Waals surface area contributed by atoms with Gasteiger partial charge in [-0.2, -0.15) is 0 Å². The van der Waals surface area contributed by atoms with Crippen LogP contribution in [0.5, 0.6) is 0 Å². The number of aryl methyl sites for hydroxylation is 1. The van der Waals surface area contributed by atoms with Gasteiger partial charge in [0.2, 0.25) is 5.91 Å². The van der Waals surface area contributed by atoms with Crippen LogP contribution < -0.4 is 10.6 Å². The number of nitrogens with zero attached hydrogens (tertiary/aromatic N) is 2. The first-order valence-electron chi connectivity index (χ1n) is 9.75. The van der Waals surface area contributed by atoms with Crippen molar-refractivity contribution in [2.24, 2.45) is 0 Å². The van der Waals surface area contributed by atoms with Crippen molar-refractivity contribution in [2.75, 3.05) is 17.2 Å². The molecule has 8 heteroatoms. The highest BCUT2D eigenvalue weighted by molar-refractivity contribution is 7.13. The lowest BCUT2D eigenvalue weighted by molar-refractivity contribution is -0.115. The lowest BCUT2D eigenvalue weighted by atomic mass is 10.2. The van der Waals surface area contributed by atoms with Crippen LogP contribution in [0.2, 0.25) is 0 Å². The first-order valence-corrected chi connectivity index (χ1v) is 10.6. The van der Waals surface area contributed by atoms with Gasteiger partial charge in [0.1, 0.15) is 5.82 Å². The van der Waals surface area contributed by atoms with E-state index in [0.717, 1.165) is 18.5 Å². The second-order valence-corrected chi connectivity index (χ2v) is 7.58. The van der Waals surface area contributed by atoms with E-state index in [4.69, 9.17) is 4.74 Å². The lowest BCUT2D eigenvalue weighted by Gasteiger charge is -2.06. The van der Waals surface area contributed by atoms with Gasteiger partial charge in [-0.05, 0) is 49.7 Å². The zero-order valence-electron chi connectivity index (χ0n) is 17.0. The van der Waals surface area contributed by atoms with Gasteiger partial charge in [-0.25, -0.2) is 14.8 Å². The molecule has 2 aromatic heterocycles. The van der Waals surface area contributed by atoms with Gasteiger partial charge in [0.05, 0.1) is 24.3 Å². The second-order valence-electron chi connectivity index (χ2n) is 6.72. The molecule has 3 rings (SSSR count). The van der Waals surface area contributed by atoms with E-state index < -0.39 is 0 Å². The predicted molar refractivity (Wildman–Crippen MR) is 118 cm³/mol. The predicted octanol–water partition coefficient (Wildman–Crippen LogP) is 4.73. The molecule has 0 unspecified atom stereocenters. The molecule has 0 aliphatic rings. The highest BCUT2D eigenvalue weighted by Crippen LogP contribution is 2.20. The quantitative estimate of drug-likeness (QED) is 0.381. The molecule has 0 aliphatic carbocycles. The van der Waals surface area contributed by atoms with Crippen LogP contribution in [0.3, 0.4) is 0 Å². The number of amides is 1. The molecule has 2 N–H and O–H groups in total. The Balaban J connectivity index is 1.51. The van der Waals surface area contributed by atoms with Crippen LogP contribution in [-0.2, 0) is 16.0 Å². The molecular weight excluding hydrogens is 400 g/mol. The van der Waals surface area contributed by atoms with Gasteiger partial charge in [0.25, 0.3) is 0 Å². The molecule has 0 spiro atoms. The van der Waals surface area contributed by atoms with Crippen molar-refractivity contribution < 1.29 is 14.3 Å². The van der Waals surface area contributed by atoms with Crippen molar-refractivity contribution in [2.45, 2.75) is 33.1 Å². The Morgan fingerprint density at radius 2 is 1.90 bits per heavy atom. The molecule has 0 saturated carbocycles. The minimum atomic E-state index is -0.355. The number of anilines is 3. The van der Waals surface area contributed by atoms with E-state index in [1.807, 2.05) is 37.4 Å². The smallest absolute Gasteiger partial charge is 0.338 e. The van der Waals surface area contributed by atoms with Crippen LogP contribution in [0.15, 0.2) is 47.8 Å². The maximum Gasteiger partial charge on any atom is 0.338 e. The molecule has 2 heterocycles. The van der Waals surface area contributed by atoms with Crippen molar-refractivity contribution >= 4 is 39.9 Å². The molecule has 0 bridgehead atoms. The Bertz CT molecular complexity index is 1000. The van der Waals surface area contributed by atoms with Crippen LogP contribution in [0, 0.1) is 6.92 Å². The number of benzene rings is 1. The van der Waals surface area contributed by atoms with Gasteiger partial charge in [0, 0.05) is 16.8 Å². The van der Waals surface area contributed by atoms with Crippen LogP contribution >= 0.6 is 11.3 Å². The van der Waals surface area contributed by atoms with E-state index in [0.29, 0.717) is 34.5 Å². The Kier molecular flexibility index (Phi) is 7.51. The Morgan fingerprint density at radius 1 is 1.10 bits per heavy atom. The number of hydrogen-bond acceptors (Lipinski definition) is 7. The average molecular weight is 425 g/mol. The Morgan fingerprint density at radius 3 is 2.63 bits per heavy atom. The minimum absolute atomic E-state index is 0.153. The number of carbonyl (C=O) groups excluding carboxylic acids is 2. The molecule has 1 amide bonds. The summed E-state index contributed by atoms with van der Waals surface area (Å²) in [5.74, 6) is 0.180. The molecule has 156 valence electrons. The van der Waals surface area contributed by atoms with Crippen LogP contribution in [0.25, 0.3) is 0 Å². The lowest BCUT2D eigenvalue weighted by Crippen LogP contribution is -2.15. The number of rotatable bonds is 9. The minimum Gasteiger partial charge on any atom is -0.462 e. The Labute approximate surface area is 179 Å². The summed E-state index contributed by atoms with van der Waals surface area (Å²) in [5.41, 5.74) is 2.66. The largest absolute Gasteiger partial charge is 0.462 e. The fourth-order valence-corrected chi connectivity index (χ4v) is 3.34. The maximum atomic E-state index is 12.3. The summed E-state index contributed by atoms with van der Waals surface area (Å²) in [6, 6.07) is 12.4. The van der Waals surface area contributed by atoms with Crippen LogP contribution in [0.1, 0.15) is 41.5 Å². The number of nitrogens with one attached hydrogen (secondary N) is 2. The SMILES string of the molecule is CCCCOC(=O)c1ccc(NC(=O)Cc2csc(Nc3cccc(C)n3)n2)cc1. The summed E-state index contributed by atoms with van der Waals surface area (Å²) in [5, 5.41) is 8.48. The number of esters is 1. The number of hydrogen-bond donors (Lipinski definition) is 2. The highest BCUT2D eigenvalue weighted by atomic mass is 32.1. The molecule has 0 atom stereocenters. The third-order valence-electron chi connectivity index (χ3n) is 4.15. The molecular formula is C22H24N4O3S. The van der Waals surface area contributed by atoms with Gasteiger partial charge in [-0.3, -0.25) is 4.79 Å². The van der Waals surface area contributed by atoms with Crippen molar-refractivity contribution in [1.29, 1.82) is 0 Å². The summed E-state index contributed by atoms with van der Waals surface area (Å²) in [7, 11) is 0. The second kappa shape index (κ2) is 10.5. The number of pyridine rings is 1. The summed E-state index contributed by atoms with van der Waals surface area (Å²) in [6.07, 6.45) is 1.97. The van der Waals surface area contributed by atoms with Crippen molar-refractivity contribution in [1.82, 2.24) is 9.97 Å². The monoisotopic (exact) mass is 424 g/mol. The standard InChI is InChI=1S/C22H24N4O3S/c1-3-4-12-29-21(28)16-8-10-17(11-9-16)24-20(27)13-18-14-30-22(25-18)26-19-7-5-6-15(2)23-19/h5-11,14H,3-4,12-13H2,1-2H3,(H,24,27)(H,23,25,26). The van der Waals surface area contributed by atoms with E-state index >= 15 is 0 Å². The third-order valence-corrected chi connectivity index (χ3v) is 4.96. The molecule has 0 fully saturated rings. The van der Waals surface area contributed by atoms with E-state index in [1.54, 1.807) is 24.3 Å². The molecule has 0 aliphatic heterocycles. The number of ether oxygens (including phenoxy) is 1. The van der Waals surface area contributed by atoms with Gasteiger partial charge < -0.3 is 15.4 Å². The zero-order valence-corrected chi connectivity index (χ0v) is 17.8. The van der Waals surface area contributed by atoms with E-state index in [-0.39, 0.29) is 18.3 Å². The molecule has 3 aromatic rings. The van der Waals surface area contributed by atoms with Crippen molar-refractivity contribution in [3.63, 3.8) is 0 Å². The fraction of sp³-hybridized carbons (Fsp3) is 0.273. The Hall–Kier alpha value is -3.26. The number of carbonyl (C=O) groups is 2. The maximum absolute atomic E-state index is 12.3. The molecule has 1 aromatic carbocycles. The molecule has 0 saturated heterocycles. The first-order chi connectivity index (χ1) is 14.5. The van der Waals surface area contributed by atoms with Crippen molar-refractivity contribution in [3.8, 4) is 0 Å². The first kappa shape index (κ1) is 21.4. The number of aromatic nitrogens is 2. The van der Waals surface area contributed by atoms with E-state index in [2.05, 4.69) is 20.6 Å². The van der Waals surface area contributed by atoms with E-state index in [1.165, 1.54) is 11.3 Å². The van der Waals surface area contributed by atoms with Gasteiger partial charge in [0.15, 0.2) is 5.13 Å². The molecule has 7 nitrogen and oxygen atoms in total. The highest BCUT2D eigenvalue weighted by Gasteiger charge is 2.10. The van der Waals surface area contributed by atoms with Crippen LogP contribution in [0.4, 0.5) is 16.6 Å². The topological polar surface area (TPSA) is 93.2 Å². The van der Waals surface area contributed by atoms with Gasteiger partial charge in [-0.15, -0.1) is 11.3 Å². The van der Waals surface area contributed by atoms with Crippen molar-refractivity contribution in [3.05, 3.63) is 64.8 Å². The van der Waals surface area contributed by atoms with Gasteiger partial charge in [-0.1, -0.05) is 19.4 Å². The molecule has 30 heavy (non-hydrogen) atoms. The number of unbranched alkanes of at least 4 members (excludes halogenated alkanes) is 1. The summed E-state index contributed by atoms with van der Waals surface area (Å²) in [4.78, 5) is 33.0. The summed E-state index contributed by atoms with van der Waals surface area (Å²) >= 11 is 1.42. The fourth-order valence-electron chi connectivity index (χ4n) is 2.62. The van der Waals surface area contributed by atoms with Crippen LogP contribution in [-0.4, -0.2) is 28.5 Å². The zero-order chi connectivity index (χ0) is 21.3.